The lowest BCUT2D eigenvalue weighted by Gasteiger charge is -2.21. The lowest BCUT2D eigenvalue weighted by molar-refractivity contribution is -0.152. The second-order valence-electron chi connectivity index (χ2n) is 5.75. The Balaban J connectivity index is 2.53. The Kier molecular flexibility index (Phi) is 9.25. The van der Waals surface area contributed by atoms with Crippen LogP contribution in [0, 0.1) is 11.8 Å². The average Bonchev–Trinajstić information content (AvgIpc) is 2.58. The van der Waals surface area contributed by atoms with Crippen molar-refractivity contribution in [2.24, 2.45) is 11.8 Å². The van der Waals surface area contributed by atoms with Crippen LogP contribution < -0.4 is 5.32 Å². The first-order valence-electron chi connectivity index (χ1n) is 7.77. The van der Waals surface area contributed by atoms with Crippen molar-refractivity contribution < 1.29 is 29.0 Å². The summed E-state index contributed by atoms with van der Waals surface area (Å²) in [5.74, 6) is -2.72. The third-order valence-corrected chi connectivity index (χ3v) is 4.43. The predicted octanol–water partition coefficient (Wildman–Crippen LogP) is 2.62. The third kappa shape index (κ3) is 7.72. The molecule has 1 aromatic rings. The maximum absolute atomic E-state index is 12.1. The van der Waals surface area contributed by atoms with Crippen LogP contribution in [0.25, 0.3) is 0 Å². The fraction of sp³-hybridized carbons (Fsp3) is 0.471. The summed E-state index contributed by atoms with van der Waals surface area (Å²) in [7, 11) is 0. The van der Waals surface area contributed by atoms with Crippen molar-refractivity contribution >= 4 is 40.6 Å². The van der Waals surface area contributed by atoms with Gasteiger partial charge in [0.2, 0.25) is 0 Å². The van der Waals surface area contributed by atoms with Crippen LogP contribution in [-0.4, -0.2) is 40.2 Å². The fourth-order valence-electron chi connectivity index (χ4n) is 1.84. The van der Waals surface area contributed by atoms with E-state index in [9.17, 15) is 14.4 Å². The van der Waals surface area contributed by atoms with Gasteiger partial charge in [0.05, 0.1) is 5.92 Å². The topological polar surface area (TPSA) is 102 Å². The lowest BCUT2D eigenvalue weighted by Crippen LogP contribution is -2.46. The van der Waals surface area contributed by atoms with Gasteiger partial charge in [0.25, 0.3) is 0 Å². The summed E-state index contributed by atoms with van der Waals surface area (Å²) in [6, 6.07) is 8.24. The zero-order valence-electron chi connectivity index (χ0n) is 14.1. The van der Waals surface area contributed by atoms with Crippen LogP contribution in [0.4, 0.5) is 4.79 Å². The Morgan fingerprint density at radius 3 is 2.32 bits per heavy atom. The highest BCUT2D eigenvalue weighted by Gasteiger charge is 2.28. The van der Waals surface area contributed by atoms with E-state index in [1.807, 2.05) is 52.9 Å². The van der Waals surface area contributed by atoms with Crippen LogP contribution >= 0.6 is 22.6 Å². The molecule has 1 rings (SSSR count). The molecule has 0 aliphatic rings. The molecule has 0 bridgehead atoms. The van der Waals surface area contributed by atoms with E-state index in [4.69, 9.17) is 14.6 Å². The quantitative estimate of drug-likeness (QED) is 0.332. The van der Waals surface area contributed by atoms with Gasteiger partial charge in [-0.1, -0.05) is 66.8 Å². The van der Waals surface area contributed by atoms with E-state index in [1.54, 1.807) is 13.8 Å². The van der Waals surface area contributed by atoms with Gasteiger partial charge in [-0.15, -0.1) is 0 Å². The zero-order chi connectivity index (χ0) is 18.8. The van der Waals surface area contributed by atoms with E-state index in [2.05, 4.69) is 5.32 Å². The lowest BCUT2D eigenvalue weighted by atomic mass is 10.1. The van der Waals surface area contributed by atoms with E-state index >= 15 is 0 Å². The van der Waals surface area contributed by atoms with Gasteiger partial charge in [-0.05, 0) is 11.5 Å². The minimum Gasteiger partial charge on any atom is -0.481 e. The normalized spacial score (nSPS) is 13.0. The molecular formula is C17H22INO6. The first-order chi connectivity index (χ1) is 11.8. The van der Waals surface area contributed by atoms with Crippen LogP contribution in [0.1, 0.15) is 19.4 Å². The number of alkyl halides is 1. The van der Waals surface area contributed by atoms with Gasteiger partial charge in [-0.3, -0.25) is 4.79 Å². The molecule has 7 nitrogen and oxygen atoms in total. The van der Waals surface area contributed by atoms with E-state index in [-0.39, 0.29) is 19.1 Å². The maximum atomic E-state index is 12.1. The van der Waals surface area contributed by atoms with Crippen LogP contribution in [0.3, 0.4) is 0 Å². The number of carbonyl (C=O) groups is 3. The minimum atomic E-state index is -1.03. The molecule has 0 saturated heterocycles. The first-order valence-corrected chi connectivity index (χ1v) is 9.30. The summed E-state index contributed by atoms with van der Waals surface area (Å²) in [6.07, 6.45) is -0.733. The third-order valence-electron chi connectivity index (χ3n) is 3.37. The number of ether oxygens (including phenoxy) is 2. The molecule has 25 heavy (non-hydrogen) atoms. The molecule has 0 aliphatic carbocycles. The summed E-state index contributed by atoms with van der Waals surface area (Å²) >= 11 is 1.92. The Morgan fingerprint density at radius 1 is 1.16 bits per heavy atom. The molecule has 0 aliphatic heterocycles. The van der Waals surface area contributed by atoms with E-state index in [0.717, 1.165) is 5.56 Å². The monoisotopic (exact) mass is 463 g/mol. The predicted molar refractivity (Wildman–Crippen MR) is 99.4 cm³/mol. The van der Waals surface area contributed by atoms with Gasteiger partial charge in [0.1, 0.15) is 19.3 Å². The molecule has 138 valence electrons. The number of carboxylic acids is 1. The van der Waals surface area contributed by atoms with Crippen LogP contribution in [0.5, 0.6) is 0 Å². The molecule has 0 radical (unpaired) electrons. The highest BCUT2D eigenvalue weighted by atomic mass is 127. The number of aliphatic carboxylic acids is 1. The molecule has 0 spiro atoms. The minimum absolute atomic E-state index is 0.0858. The first kappa shape index (κ1) is 21.2. The summed E-state index contributed by atoms with van der Waals surface area (Å²) in [6.45, 7) is 3.34. The molecule has 0 heterocycles. The molecule has 2 atom stereocenters. The van der Waals surface area contributed by atoms with Gasteiger partial charge in [-0.2, -0.15) is 0 Å². The molecule has 1 amide bonds. The molecule has 1 aromatic carbocycles. The number of nitrogens with one attached hydrogen (secondary N) is 1. The Morgan fingerprint density at radius 2 is 1.80 bits per heavy atom. The van der Waals surface area contributed by atoms with Crippen molar-refractivity contribution in [2.75, 3.05) is 11.0 Å². The number of amides is 1. The van der Waals surface area contributed by atoms with Gasteiger partial charge < -0.3 is 19.9 Å². The number of alkyl carbamates (subject to hydrolysis) is 1. The second kappa shape index (κ2) is 10.9. The van der Waals surface area contributed by atoms with Gasteiger partial charge in [-0.25, -0.2) is 9.59 Å². The van der Waals surface area contributed by atoms with Crippen molar-refractivity contribution in [3.63, 3.8) is 0 Å². The number of hydrogen-bond acceptors (Lipinski definition) is 5. The van der Waals surface area contributed by atoms with Crippen LogP contribution in [0.15, 0.2) is 30.3 Å². The van der Waals surface area contributed by atoms with Crippen molar-refractivity contribution in [1.29, 1.82) is 0 Å². The zero-order valence-corrected chi connectivity index (χ0v) is 16.3. The number of halogens is 1. The largest absolute Gasteiger partial charge is 0.481 e. The number of carbonyl (C=O) groups excluding carboxylic acids is 2. The summed E-state index contributed by atoms with van der Waals surface area (Å²) < 4.78 is 10.5. The smallest absolute Gasteiger partial charge is 0.408 e. The van der Waals surface area contributed by atoms with Crippen molar-refractivity contribution in [1.82, 2.24) is 5.32 Å². The molecule has 0 saturated carbocycles. The summed E-state index contributed by atoms with van der Waals surface area (Å²) in [5.41, 5.74) is 0.827. The molecule has 1 unspecified atom stereocenters. The Labute approximate surface area is 160 Å². The van der Waals surface area contributed by atoms with E-state index in [0.29, 0.717) is 4.43 Å². The number of benzene rings is 1. The Hall–Kier alpha value is -1.84. The standard InChI is InChI=1S/C17H22INO6/c1-11(2)14(16(22)24-10-13(8-18)15(20)21)19-17(23)25-9-12-6-4-3-5-7-12/h3-7,11,13-14H,8-10H2,1-2H3,(H,19,23)(H,20,21)/t13?,14-/m0/s1. The summed E-state index contributed by atoms with van der Waals surface area (Å²) in [5, 5.41) is 11.4. The molecule has 2 N–H and O–H groups in total. The second-order valence-corrected chi connectivity index (χ2v) is 6.63. The number of hydrogen-bond donors (Lipinski definition) is 2. The van der Waals surface area contributed by atoms with Crippen molar-refractivity contribution in [2.45, 2.75) is 26.5 Å². The molecular weight excluding hydrogens is 441 g/mol. The van der Waals surface area contributed by atoms with Crippen LogP contribution in [0.2, 0.25) is 0 Å². The molecule has 0 aromatic heterocycles. The number of carboxylic acid groups (broad SMARTS) is 1. The van der Waals surface area contributed by atoms with E-state index in [1.165, 1.54) is 0 Å². The van der Waals surface area contributed by atoms with Crippen molar-refractivity contribution in [3.05, 3.63) is 35.9 Å². The van der Waals surface area contributed by atoms with Gasteiger partial charge >= 0.3 is 18.0 Å². The van der Waals surface area contributed by atoms with Crippen LogP contribution in [-0.2, 0) is 25.7 Å². The average molecular weight is 463 g/mol. The van der Waals surface area contributed by atoms with Crippen molar-refractivity contribution in [3.8, 4) is 0 Å². The molecule has 0 fully saturated rings. The SMILES string of the molecule is CC(C)[C@H](NC(=O)OCc1ccccc1)C(=O)OCC(CI)C(=O)O. The highest BCUT2D eigenvalue weighted by Crippen LogP contribution is 2.09. The van der Waals surface area contributed by atoms with Gasteiger partial charge in [0.15, 0.2) is 0 Å². The fourth-order valence-corrected chi connectivity index (χ4v) is 2.47. The maximum Gasteiger partial charge on any atom is 0.408 e. The van der Waals surface area contributed by atoms with Gasteiger partial charge in [0, 0.05) is 4.43 Å². The molecule has 8 heteroatoms. The Bertz CT molecular complexity index is 578. The summed E-state index contributed by atoms with van der Waals surface area (Å²) in [4.78, 5) is 35.0. The number of esters is 1. The number of rotatable bonds is 9. The highest BCUT2D eigenvalue weighted by molar-refractivity contribution is 14.1. The van der Waals surface area contributed by atoms with E-state index < -0.39 is 30.0 Å².